The summed E-state index contributed by atoms with van der Waals surface area (Å²) in [5, 5.41) is 4.26. The molecule has 2 aromatic rings. The minimum atomic E-state index is -0.952. The molecule has 8 heteroatoms. The van der Waals surface area contributed by atoms with Crippen LogP contribution in [0.25, 0.3) is 6.08 Å². The fraction of sp³-hybridized carbons (Fsp3) is 0.105. The molecule has 0 atom stereocenters. The largest absolute Gasteiger partial charge is 0.454 e. The van der Waals surface area contributed by atoms with Crippen molar-refractivity contribution in [3.05, 3.63) is 71.8 Å². The molecule has 140 valence electrons. The Morgan fingerprint density at radius 3 is 2.30 bits per heavy atom. The maximum Gasteiger partial charge on any atom is 0.325 e. The Labute approximate surface area is 153 Å². The lowest BCUT2D eigenvalue weighted by Gasteiger charge is -2.08. The van der Waals surface area contributed by atoms with Crippen LogP contribution in [0, 0.1) is 11.6 Å². The van der Waals surface area contributed by atoms with Crippen LogP contribution in [0.1, 0.15) is 5.56 Å². The van der Waals surface area contributed by atoms with E-state index in [9.17, 15) is 23.2 Å². The monoisotopic (exact) mass is 374 g/mol. The van der Waals surface area contributed by atoms with Crippen molar-refractivity contribution in [1.82, 2.24) is 5.32 Å². The smallest absolute Gasteiger partial charge is 0.325 e. The highest BCUT2D eigenvalue weighted by Gasteiger charge is 2.13. The number of nitrogens with one attached hydrogen (secondary N) is 2. The predicted molar refractivity (Wildman–Crippen MR) is 94.4 cm³/mol. The van der Waals surface area contributed by atoms with Gasteiger partial charge in [-0.05, 0) is 23.8 Å². The van der Waals surface area contributed by atoms with Crippen LogP contribution >= 0.6 is 0 Å². The number of ether oxygens (including phenoxy) is 1. The van der Waals surface area contributed by atoms with Gasteiger partial charge in [-0.25, -0.2) is 8.78 Å². The molecule has 0 saturated carbocycles. The summed E-state index contributed by atoms with van der Waals surface area (Å²) in [7, 11) is 0. The molecule has 0 saturated heterocycles. The summed E-state index contributed by atoms with van der Waals surface area (Å²) in [6.07, 6.45) is 2.81. The predicted octanol–water partition coefficient (Wildman–Crippen LogP) is 2.28. The van der Waals surface area contributed by atoms with Crippen LogP contribution in [-0.2, 0) is 19.1 Å². The van der Waals surface area contributed by atoms with E-state index in [1.54, 1.807) is 18.2 Å². The minimum Gasteiger partial charge on any atom is -0.454 e. The van der Waals surface area contributed by atoms with Crippen LogP contribution in [-0.4, -0.2) is 30.9 Å². The molecule has 0 radical (unpaired) electrons. The Hall–Kier alpha value is -3.55. The summed E-state index contributed by atoms with van der Waals surface area (Å²) in [6.45, 7) is -1.21. The second-order valence-electron chi connectivity index (χ2n) is 5.27. The summed E-state index contributed by atoms with van der Waals surface area (Å²) < 4.78 is 31.4. The number of benzene rings is 2. The third kappa shape index (κ3) is 6.69. The first kappa shape index (κ1) is 19.8. The molecule has 0 unspecified atom stereocenters. The number of para-hydroxylation sites is 1. The van der Waals surface area contributed by atoms with Crippen molar-refractivity contribution in [2.24, 2.45) is 0 Å². The fourth-order valence-corrected chi connectivity index (χ4v) is 1.94. The second-order valence-corrected chi connectivity index (χ2v) is 5.27. The Bertz CT molecular complexity index is 834. The zero-order valence-corrected chi connectivity index (χ0v) is 14.1. The van der Waals surface area contributed by atoms with Crippen LogP contribution in [0.3, 0.4) is 0 Å². The third-order valence-electron chi connectivity index (χ3n) is 3.23. The third-order valence-corrected chi connectivity index (χ3v) is 3.23. The van der Waals surface area contributed by atoms with E-state index in [2.05, 4.69) is 10.1 Å². The second kappa shape index (κ2) is 9.81. The maximum atomic E-state index is 13.4. The van der Waals surface area contributed by atoms with Gasteiger partial charge >= 0.3 is 5.97 Å². The van der Waals surface area contributed by atoms with Crippen molar-refractivity contribution in [3.8, 4) is 0 Å². The van der Waals surface area contributed by atoms with Crippen molar-refractivity contribution < 1.29 is 27.9 Å². The number of amides is 2. The highest BCUT2D eigenvalue weighted by molar-refractivity contribution is 5.95. The Morgan fingerprint density at radius 1 is 0.963 bits per heavy atom. The molecular weight excluding hydrogens is 358 g/mol. The number of carbonyl (C=O) groups excluding carboxylic acids is 3. The molecule has 0 bridgehead atoms. The molecule has 6 nitrogen and oxygen atoms in total. The number of carbonyl (C=O) groups is 3. The number of esters is 1. The zero-order valence-electron chi connectivity index (χ0n) is 14.1. The summed E-state index contributed by atoms with van der Waals surface area (Å²) in [6, 6.07) is 12.2. The summed E-state index contributed by atoms with van der Waals surface area (Å²) >= 11 is 0. The number of rotatable bonds is 7. The maximum absolute atomic E-state index is 13.4. The molecule has 2 aromatic carbocycles. The van der Waals surface area contributed by atoms with Gasteiger partial charge in [-0.2, -0.15) is 0 Å². The average Bonchev–Trinajstić information content (AvgIpc) is 2.67. The molecule has 0 spiro atoms. The van der Waals surface area contributed by atoms with Gasteiger partial charge in [-0.15, -0.1) is 0 Å². The molecule has 2 amide bonds. The van der Waals surface area contributed by atoms with Gasteiger partial charge in [0.05, 0.1) is 0 Å². The van der Waals surface area contributed by atoms with E-state index in [4.69, 9.17) is 0 Å². The van der Waals surface area contributed by atoms with Crippen molar-refractivity contribution in [2.75, 3.05) is 18.5 Å². The number of halogens is 2. The van der Waals surface area contributed by atoms with Crippen LogP contribution < -0.4 is 10.6 Å². The topological polar surface area (TPSA) is 84.5 Å². The van der Waals surface area contributed by atoms with Gasteiger partial charge in [0.1, 0.15) is 23.9 Å². The van der Waals surface area contributed by atoms with Crippen LogP contribution in [0.15, 0.2) is 54.6 Å². The first-order valence-electron chi connectivity index (χ1n) is 7.86. The number of hydrogen-bond acceptors (Lipinski definition) is 4. The van der Waals surface area contributed by atoms with Gasteiger partial charge in [0.25, 0.3) is 5.91 Å². The van der Waals surface area contributed by atoms with Gasteiger partial charge in [0.15, 0.2) is 6.61 Å². The van der Waals surface area contributed by atoms with E-state index in [-0.39, 0.29) is 0 Å². The molecular formula is C19H16F2N2O4. The van der Waals surface area contributed by atoms with Gasteiger partial charge in [0.2, 0.25) is 5.91 Å². The SMILES string of the molecule is O=C(/C=C/c1ccccc1)NCC(=O)OCC(=O)Nc1c(F)cccc1F. The molecule has 0 aliphatic heterocycles. The minimum absolute atomic E-state index is 0.459. The van der Waals surface area contributed by atoms with Gasteiger partial charge < -0.3 is 15.4 Å². The Kier molecular flexibility index (Phi) is 7.18. The number of anilines is 1. The summed E-state index contributed by atoms with van der Waals surface area (Å²) in [4.78, 5) is 34.7. The van der Waals surface area contributed by atoms with E-state index >= 15 is 0 Å². The highest BCUT2D eigenvalue weighted by atomic mass is 19.1. The van der Waals surface area contributed by atoms with Crippen molar-refractivity contribution in [2.45, 2.75) is 0 Å². The lowest BCUT2D eigenvalue weighted by Crippen LogP contribution is -2.31. The average molecular weight is 374 g/mol. The Balaban J connectivity index is 1.72. The van der Waals surface area contributed by atoms with Crippen molar-refractivity contribution in [3.63, 3.8) is 0 Å². The van der Waals surface area contributed by atoms with E-state index in [1.165, 1.54) is 6.08 Å². The van der Waals surface area contributed by atoms with E-state index in [0.29, 0.717) is 0 Å². The van der Waals surface area contributed by atoms with Crippen molar-refractivity contribution >= 4 is 29.5 Å². The molecule has 2 rings (SSSR count). The molecule has 0 aliphatic carbocycles. The van der Waals surface area contributed by atoms with E-state index < -0.39 is 48.3 Å². The van der Waals surface area contributed by atoms with E-state index in [1.807, 2.05) is 23.5 Å². The normalized spacial score (nSPS) is 10.4. The van der Waals surface area contributed by atoms with Crippen molar-refractivity contribution in [1.29, 1.82) is 0 Å². The first-order valence-corrected chi connectivity index (χ1v) is 7.86. The summed E-state index contributed by atoms with van der Waals surface area (Å²) in [5.74, 6) is -4.21. The highest BCUT2D eigenvalue weighted by Crippen LogP contribution is 2.17. The first-order chi connectivity index (χ1) is 13.0. The van der Waals surface area contributed by atoms with Gasteiger partial charge in [-0.1, -0.05) is 36.4 Å². The standard InChI is InChI=1S/C19H16F2N2O4/c20-14-7-4-8-15(21)19(14)23-17(25)12-27-18(26)11-22-16(24)10-9-13-5-2-1-3-6-13/h1-10H,11-12H2,(H,22,24)(H,23,25)/b10-9+. The lowest BCUT2D eigenvalue weighted by atomic mass is 10.2. The van der Waals surface area contributed by atoms with E-state index in [0.717, 1.165) is 23.8 Å². The summed E-state index contributed by atoms with van der Waals surface area (Å²) in [5.41, 5.74) is 0.185. The zero-order chi connectivity index (χ0) is 19.6. The van der Waals surface area contributed by atoms with Gasteiger partial charge in [-0.3, -0.25) is 14.4 Å². The van der Waals surface area contributed by atoms with Crippen LogP contribution in [0.2, 0.25) is 0 Å². The molecule has 0 aromatic heterocycles. The van der Waals surface area contributed by atoms with Gasteiger partial charge in [0, 0.05) is 6.08 Å². The molecule has 2 N–H and O–H groups in total. The fourth-order valence-electron chi connectivity index (χ4n) is 1.94. The molecule has 0 fully saturated rings. The van der Waals surface area contributed by atoms with Crippen LogP contribution in [0.4, 0.5) is 14.5 Å². The van der Waals surface area contributed by atoms with Crippen LogP contribution in [0.5, 0.6) is 0 Å². The Morgan fingerprint density at radius 2 is 1.63 bits per heavy atom. The molecule has 0 aliphatic rings. The molecule has 27 heavy (non-hydrogen) atoms. The molecule has 0 heterocycles. The quantitative estimate of drug-likeness (QED) is 0.575. The lowest BCUT2D eigenvalue weighted by molar-refractivity contribution is -0.146. The number of hydrogen-bond donors (Lipinski definition) is 2.